The Morgan fingerprint density at radius 1 is 0.833 bits per heavy atom. The van der Waals surface area contributed by atoms with Crippen molar-refractivity contribution in [2.24, 2.45) is 17.8 Å². The monoisotopic (exact) mass is 552 g/mol. The average molecular weight is 553 g/mol. The van der Waals surface area contributed by atoms with E-state index in [0.717, 1.165) is 77.0 Å². The van der Waals surface area contributed by atoms with Crippen molar-refractivity contribution in [2.75, 3.05) is 6.61 Å². The summed E-state index contributed by atoms with van der Waals surface area (Å²) in [7, 11) is -8.50. The molecule has 6 nitrogen and oxygen atoms in total. The van der Waals surface area contributed by atoms with Crippen molar-refractivity contribution >= 4 is 15.2 Å². The molecule has 0 aromatic carbocycles. The van der Waals surface area contributed by atoms with Gasteiger partial charge in [0.2, 0.25) is 0 Å². The molecule has 0 aliphatic carbocycles. The van der Waals surface area contributed by atoms with Crippen LogP contribution in [0.25, 0.3) is 0 Å². The summed E-state index contributed by atoms with van der Waals surface area (Å²) in [4.78, 5) is 20.7. The summed E-state index contributed by atoms with van der Waals surface area (Å²) in [5, 5.41) is -2.64. The lowest BCUT2D eigenvalue weighted by atomic mass is 9.78. The molecule has 1 aliphatic heterocycles. The second-order valence-corrected chi connectivity index (χ2v) is 16.1. The highest BCUT2D eigenvalue weighted by atomic mass is 31.2. The number of hydrogen-bond donors (Lipinski definition) is 2. The standard InChI is InChI=1S/C28H58O6P2/c1-8-14-17-24(11-4)20-28(21-25(12-5)18-15-9-2)23-27(7,35(29,30)31)34-36(28,32)33-22-26(13-6)19-16-10-3/h24-26H,8-23H2,1-7H3,(H2,29,30,31). The zero-order valence-corrected chi connectivity index (χ0v) is 26.3. The smallest absolute Gasteiger partial charge is 0.322 e. The molecule has 1 rings (SSSR count). The normalized spacial score (nSPS) is 29.4. The van der Waals surface area contributed by atoms with Crippen LogP contribution in [0.3, 0.4) is 0 Å². The highest BCUT2D eigenvalue weighted by molar-refractivity contribution is 7.59. The van der Waals surface area contributed by atoms with Gasteiger partial charge in [0.15, 0.2) is 5.34 Å². The summed E-state index contributed by atoms with van der Waals surface area (Å²) in [6, 6.07) is 0. The molecule has 5 atom stereocenters. The van der Waals surface area contributed by atoms with E-state index >= 15 is 0 Å². The Morgan fingerprint density at radius 2 is 1.25 bits per heavy atom. The second-order valence-electron chi connectivity index (χ2n) is 11.7. The van der Waals surface area contributed by atoms with Crippen LogP contribution in [0.5, 0.6) is 0 Å². The fraction of sp³-hybridized carbons (Fsp3) is 1.00. The van der Waals surface area contributed by atoms with Crippen molar-refractivity contribution in [1.82, 2.24) is 0 Å². The summed E-state index contributed by atoms with van der Waals surface area (Å²) in [5.74, 6) is 0.925. The molecule has 216 valence electrons. The van der Waals surface area contributed by atoms with Gasteiger partial charge in [0.05, 0.1) is 11.8 Å². The lowest BCUT2D eigenvalue weighted by molar-refractivity contribution is 0.118. The van der Waals surface area contributed by atoms with Gasteiger partial charge in [-0.1, -0.05) is 112 Å². The van der Waals surface area contributed by atoms with Crippen molar-refractivity contribution in [3.05, 3.63) is 0 Å². The SMILES string of the molecule is CCCCC(CC)COP1(=O)OC(C)(P(=O)(O)O)CC1(CC(CC)CCCC)CC(CC)CCCC. The summed E-state index contributed by atoms with van der Waals surface area (Å²) in [6.45, 7) is 14.8. The van der Waals surface area contributed by atoms with E-state index in [0.29, 0.717) is 31.3 Å². The fourth-order valence-corrected chi connectivity index (χ4v) is 10.3. The molecular weight excluding hydrogens is 494 g/mol. The maximum absolute atomic E-state index is 14.9. The zero-order chi connectivity index (χ0) is 27.5. The predicted octanol–water partition coefficient (Wildman–Crippen LogP) is 9.68. The van der Waals surface area contributed by atoms with Crippen molar-refractivity contribution in [3.8, 4) is 0 Å². The minimum Gasteiger partial charge on any atom is -0.322 e. The summed E-state index contributed by atoms with van der Waals surface area (Å²) < 4.78 is 40.0. The first-order valence-electron chi connectivity index (χ1n) is 14.9. The van der Waals surface area contributed by atoms with Gasteiger partial charge in [-0.3, -0.25) is 13.7 Å². The van der Waals surface area contributed by atoms with E-state index in [4.69, 9.17) is 9.05 Å². The first-order chi connectivity index (χ1) is 16.9. The maximum atomic E-state index is 14.9. The highest BCUT2D eigenvalue weighted by Gasteiger charge is 2.68. The van der Waals surface area contributed by atoms with Crippen LogP contribution in [0.15, 0.2) is 0 Å². The minimum absolute atomic E-state index is 0.0958. The van der Waals surface area contributed by atoms with E-state index in [1.54, 1.807) is 0 Å². The minimum atomic E-state index is -4.68. The lowest BCUT2D eigenvalue weighted by Crippen LogP contribution is -2.35. The maximum Gasteiger partial charge on any atom is 0.357 e. The molecule has 8 heteroatoms. The third-order valence-corrected chi connectivity index (χ3v) is 13.1. The van der Waals surface area contributed by atoms with Crippen molar-refractivity contribution in [1.29, 1.82) is 0 Å². The molecular formula is C28H58O6P2. The summed E-state index contributed by atoms with van der Waals surface area (Å²) >= 11 is 0. The molecule has 0 amide bonds. The molecule has 1 aliphatic rings. The van der Waals surface area contributed by atoms with Crippen LogP contribution in [-0.4, -0.2) is 26.9 Å². The molecule has 1 heterocycles. The lowest BCUT2D eigenvalue weighted by Gasteiger charge is -2.38. The van der Waals surface area contributed by atoms with Crippen molar-refractivity contribution in [2.45, 2.75) is 155 Å². The molecule has 0 spiro atoms. The Balaban J connectivity index is 3.52. The van der Waals surface area contributed by atoms with Crippen LogP contribution in [0.4, 0.5) is 0 Å². The Morgan fingerprint density at radius 3 is 1.61 bits per heavy atom. The van der Waals surface area contributed by atoms with Gasteiger partial charge in [0.1, 0.15) is 0 Å². The van der Waals surface area contributed by atoms with Gasteiger partial charge in [-0.2, -0.15) is 0 Å². The van der Waals surface area contributed by atoms with Crippen molar-refractivity contribution in [3.63, 3.8) is 0 Å². The topological polar surface area (TPSA) is 93.1 Å². The molecule has 0 aromatic rings. The van der Waals surface area contributed by atoms with E-state index in [1.807, 2.05) is 0 Å². The number of rotatable bonds is 20. The number of unbranched alkanes of at least 4 members (excludes halogenated alkanes) is 3. The van der Waals surface area contributed by atoms with E-state index in [9.17, 15) is 18.9 Å². The second kappa shape index (κ2) is 15.8. The molecule has 0 radical (unpaired) electrons. The van der Waals surface area contributed by atoms with Gasteiger partial charge in [-0.15, -0.1) is 0 Å². The molecule has 1 saturated heterocycles. The Kier molecular flexibility index (Phi) is 15.0. The largest absolute Gasteiger partial charge is 0.357 e. The van der Waals surface area contributed by atoms with Crippen LogP contribution in [0.2, 0.25) is 0 Å². The predicted molar refractivity (Wildman–Crippen MR) is 152 cm³/mol. The Labute approximate surface area is 222 Å². The van der Waals surface area contributed by atoms with E-state index in [2.05, 4.69) is 41.5 Å². The van der Waals surface area contributed by atoms with Crippen molar-refractivity contribution < 1.29 is 28.0 Å². The first kappa shape index (κ1) is 34.3. The molecule has 0 saturated carbocycles. The molecule has 1 fully saturated rings. The van der Waals surface area contributed by atoms with Crippen LogP contribution in [0, 0.1) is 17.8 Å². The van der Waals surface area contributed by atoms with E-state index in [-0.39, 0.29) is 12.3 Å². The summed E-state index contributed by atoms with van der Waals surface area (Å²) in [6.07, 6.45) is 13.8. The van der Waals surface area contributed by atoms with Crippen LogP contribution < -0.4 is 0 Å². The highest BCUT2D eigenvalue weighted by Crippen LogP contribution is 2.79. The van der Waals surface area contributed by atoms with Crippen LogP contribution >= 0.6 is 15.2 Å². The molecule has 0 aromatic heterocycles. The van der Waals surface area contributed by atoms with E-state index < -0.39 is 25.7 Å². The molecule has 5 unspecified atom stereocenters. The van der Waals surface area contributed by atoms with Gasteiger partial charge >= 0.3 is 15.2 Å². The zero-order valence-electron chi connectivity index (χ0n) is 24.5. The Bertz CT molecular complexity index is 690. The van der Waals surface area contributed by atoms with Gasteiger partial charge in [0, 0.05) is 6.42 Å². The first-order valence-corrected chi connectivity index (χ1v) is 18.1. The van der Waals surface area contributed by atoms with E-state index in [1.165, 1.54) is 6.92 Å². The molecule has 2 N–H and O–H groups in total. The average Bonchev–Trinajstić information content (AvgIpc) is 3.06. The number of hydrogen-bond acceptors (Lipinski definition) is 4. The summed E-state index contributed by atoms with van der Waals surface area (Å²) in [5.41, 5.74) is 0. The molecule has 36 heavy (non-hydrogen) atoms. The quantitative estimate of drug-likeness (QED) is 0.146. The Hall–Kier alpha value is 0.300. The third-order valence-electron chi connectivity index (χ3n) is 8.62. The van der Waals surface area contributed by atoms with Crippen LogP contribution in [-0.2, 0) is 18.2 Å². The van der Waals surface area contributed by atoms with Gasteiger partial charge in [-0.05, 0) is 43.9 Å². The van der Waals surface area contributed by atoms with Gasteiger partial charge in [0.25, 0.3) is 0 Å². The van der Waals surface area contributed by atoms with Gasteiger partial charge in [-0.25, -0.2) is 0 Å². The molecule has 0 bridgehead atoms. The third kappa shape index (κ3) is 9.20. The fourth-order valence-electron chi connectivity index (χ4n) is 5.93. The van der Waals surface area contributed by atoms with Gasteiger partial charge < -0.3 is 14.3 Å². The van der Waals surface area contributed by atoms with Crippen LogP contribution in [0.1, 0.15) is 145 Å².